The lowest BCUT2D eigenvalue weighted by molar-refractivity contribution is -0.130. The molecule has 3 heterocycles. The molecule has 2 aliphatic rings. The number of amides is 1. The van der Waals surface area contributed by atoms with E-state index in [-0.39, 0.29) is 0 Å². The molecule has 0 spiro atoms. The summed E-state index contributed by atoms with van der Waals surface area (Å²) in [5, 5.41) is 3.40. The highest BCUT2D eigenvalue weighted by atomic mass is 16.2. The molecule has 0 saturated carbocycles. The number of nitrogens with one attached hydrogen (secondary N) is 1. The maximum Gasteiger partial charge on any atom is 0.222 e. The number of likely N-dealkylation sites (tertiary alicyclic amines) is 1. The van der Waals surface area contributed by atoms with Crippen LogP contribution in [0.4, 0.5) is 0 Å². The summed E-state index contributed by atoms with van der Waals surface area (Å²) in [7, 11) is 0. The largest absolute Gasteiger partial charge is 0.342 e. The van der Waals surface area contributed by atoms with Crippen LogP contribution >= 0.6 is 0 Å². The highest BCUT2D eigenvalue weighted by molar-refractivity contribution is 5.76. The lowest BCUT2D eigenvalue weighted by atomic mass is 10.0. The molecule has 2 saturated heterocycles. The molecular weight excluding hydrogens is 226 g/mol. The summed E-state index contributed by atoms with van der Waals surface area (Å²) in [6, 6.07) is 3.96. The summed E-state index contributed by atoms with van der Waals surface area (Å²) in [6.07, 6.45) is 5.01. The van der Waals surface area contributed by atoms with Gasteiger partial charge in [0, 0.05) is 45.0 Å². The first-order valence-electron chi connectivity index (χ1n) is 6.70. The van der Waals surface area contributed by atoms with Gasteiger partial charge in [0.1, 0.15) is 0 Å². The molecule has 2 atom stereocenters. The summed E-state index contributed by atoms with van der Waals surface area (Å²) in [4.78, 5) is 18.2. The van der Waals surface area contributed by atoms with Crippen LogP contribution in [0.3, 0.4) is 0 Å². The van der Waals surface area contributed by atoms with Gasteiger partial charge in [0.15, 0.2) is 0 Å². The smallest absolute Gasteiger partial charge is 0.222 e. The fourth-order valence-corrected chi connectivity index (χ4v) is 3.02. The van der Waals surface area contributed by atoms with Crippen LogP contribution in [0.5, 0.6) is 0 Å². The van der Waals surface area contributed by atoms with E-state index in [0.29, 0.717) is 24.2 Å². The molecule has 4 heteroatoms. The van der Waals surface area contributed by atoms with Gasteiger partial charge >= 0.3 is 0 Å². The number of pyridine rings is 1. The maximum atomic E-state index is 12.1. The second kappa shape index (κ2) is 5.06. The summed E-state index contributed by atoms with van der Waals surface area (Å²) < 4.78 is 0. The van der Waals surface area contributed by atoms with Gasteiger partial charge in [-0.25, -0.2) is 0 Å². The van der Waals surface area contributed by atoms with Crippen molar-refractivity contribution in [1.29, 1.82) is 0 Å². The predicted molar refractivity (Wildman–Crippen MR) is 69.0 cm³/mol. The Kier molecular flexibility index (Phi) is 3.28. The number of carbonyl (C=O) groups excluding carboxylic acids is 1. The van der Waals surface area contributed by atoms with Gasteiger partial charge in [0.05, 0.1) is 0 Å². The highest BCUT2D eigenvalue weighted by Crippen LogP contribution is 2.26. The summed E-state index contributed by atoms with van der Waals surface area (Å²) in [5.74, 6) is 1.69. The van der Waals surface area contributed by atoms with Gasteiger partial charge in [-0.2, -0.15) is 0 Å². The monoisotopic (exact) mass is 245 g/mol. The number of aromatic nitrogens is 1. The zero-order valence-corrected chi connectivity index (χ0v) is 10.5. The minimum absolute atomic E-state index is 0.307. The van der Waals surface area contributed by atoms with Crippen LogP contribution in [0.2, 0.25) is 0 Å². The van der Waals surface area contributed by atoms with Gasteiger partial charge in [0.25, 0.3) is 0 Å². The van der Waals surface area contributed by atoms with E-state index in [1.807, 2.05) is 12.1 Å². The van der Waals surface area contributed by atoms with Gasteiger partial charge in [-0.1, -0.05) is 0 Å². The second-order valence-electron chi connectivity index (χ2n) is 5.33. The Balaban J connectivity index is 1.50. The van der Waals surface area contributed by atoms with Crippen molar-refractivity contribution >= 4 is 5.91 Å². The van der Waals surface area contributed by atoms with E-state index in [9.17, 15) is 4.79 Å². The van der Waals surface area contributed by atoms with E-state index in [1.165, 1.54) is 5.56 Å². The van der Waals surface area contributed by atoms with Crippen molar-refractivity contribution in [3.05, 3.63) is 30.1 Å². The SMILES string of the molecule is O=C(CCc1ccncc1)N1C[C@H]2CNC[C@H]2C1. The van der Waals surface area contributed by atoms with E-state index in [2.05, 4.69) is 15.2 Å². The number of rotatable bonds is 3. The average Bonchev–Trinajstić information content (AvgIpc) is 2.98. The van der Waals surface area contributed by atoms with Crippen LogP contribution in [-0.4, -0.2) is 42.0 Å². The van der Waals surface area contributed by atoms with Crippen LogP contribution in [0.15, 0.2) is 24.5 Å². The van der Waals surface area contributed by atoms with E-state index < -0.39 is 0 Å². The quantitative estimate of drug-likeness (QED) is 0.852. The predicted octanol–water partition coefficient (Wildman–Crippen LogP) is 0.692. The number of nitrogens with zero attached hydrogens (tertiary/aromatic N) is 2. The average molecular weight is 245 g/mol. The molecule has 1 aromatic heterocycles. The minimum atomic E-state index is 0.307. The fourth-order valence-electron chi connectivity index (χ4n) is 3.02. The Morgan fingerprint density at radius 3 is 2.61 bits per heavy atom. The third-order valence-electron chi connectivity index (χ3n) is 4.12. The fraction of sp³-hybridized carbons (Fsp3) is 0.571. The summed E-state index contributed by atoms with van der Waals surface area (Å²) >= 11 is 0. The molecule has 18 heavy (non-hydrogen) atoms. The van der Waals surface area contributed by atoms with Crippen LogP contribution in [0, 0.1) is 11.8 Å². The van der Waals surface area contributed by atoms with Crippen molar-refractivity contribution in [2.24, 2.45) is 11.8 Å². The molecule has 96 valence electrons. The summed E-state index contributed by atoms with van der Waals surface area (Å²) in [6.45, 7) is 4.07. The normalized spacial score (nSPS) is 26.3. The third-order valence-corrected chi connectivity index (χ3v) is 4.12. The van der Waals surface area contributed by atoms with Crippen molar-refractivity contribution < 1.29 is 4.79 Å². The summed E-state index contributed by atoms with van der Waals surface area (Å²) in [5.41, 5.74) is 1.19. The minimum Gasteiger partial charge on any atom is -0.342 e. The Morgan fingerprint density at radius 1 is 1.28 bits per heavy atom. The van der Waals surface area contributed by atoms with E-state index in [0.717, 1.165) is 32.6 Å². The Morgan fingerprint density at radius 2 is 1.94 bits per heavy atom. The first-order valence-corrected chi connectivity index (χ1v) is 6.70. The van der Waals surface area contributed by atoms with Crippen molar-refractivity contribution in [3.63, 3.8) is 0 Å². The number of aryl methyl sites for hydroxylation is 1. The topological polar surface area (TPSA) is 45.2 Å². The van der Waals surface area contributed by atoms with Crippen LogP contribution in [-0.2, 0) is 11.2 Å². The second-order valence-corrected chi connectivity index (χ2v) is 5.33. The molecule has 1 N–H and O–H groups in total. The first kappa shape index (κ1) is 11.7. The van der Waals surface area contributed by atoms with Crippen molar-refractivity contribution in [1.82, 2.24) is 15.2 Å². The molecule has 0 bridgehead atoms. The van der Waals surface area contributed by atoms with Crippen molar-refractivity contribution in [2.75, 3.05) is 26.2 Å². The van der Waals surface area contributed by atoms with Crippen LogP contribution < -0.4 is 5.32 Å². The first-order chi connectivity index (χ1) is 8.83. The third kappa shape index (κ3) is 2.38. The van der Waals surface area contributed by atoms with Crippen molar-refractivity contribution in [3.8, 4) is 0 Å². The molecule has 2 fully saturated rings. The number of hydrogen-bond donors (Lipinski definition) is 1. The van der Waals surface area contributed by atoms with Gasteiger partial charge in [-0.15, -0.1) is 0 Å². The lowest BCUT2D eigenvalue weighted by Gasteiger charge is -2.17. The molecule has 0 aliphatic carbocycles. The standard InChI is InChI=1S/C14H19N3O/c18-14(2-1-11-3-5-15-6-4-11)17-9-12-7-16-8-13(12)10-17/h3-6,12-13,16H,1-2,7-10H2/t12-,13+. The Labute approximate surface area is 107 Å². The highest BCUT2D eigenvalue weighted by Gasteiger charge is 2.37. The molecule has 1 amide bonds. The van der Waals surface area contributed by atoms with E-state index >= 15 is 0 Å². The molecule has 2 aliphatic heterocycles. The molecule has 0 unspecified atom stereocenters. The molecule has 0 aromatic carbocycles. The van der Waals surface area contributed by atoms with Gasteiger partial charge < -0.3 is 10.2 Å². The van der Waals surface area contributed by atoms with Gasteiger partial charge in [-0.05, 0) is 36.0 Å². The maximum absolute atomic E-state index is 12.1. The number of fused-ring (bicyclic) bond motifs is 1. The molecule has 0 radical (unpaired) electrons. The lowest BCUT2D eigenvalue weighted by Crippen LogP contribution is -2.31. The van der Waals surface area contributed by atoms with Gasteiger partial charge in [-0.3, -0.25) is 9.78 Å². The zero-order valence-electron chi connectivity index (χ0n) is 10.5. The molecule has 3 rings (SSSR count). The Hall–Kier alpha value is -1.42. The van der Waals surface area contributed by atoms with Crippen LogP contribution in [0.1, 0.15) is 12.0 Å². The number of carbonyl (C=O) groups is 1. The molecule has 1 aromatic rings. The molecule has 4 nitrogen and oxygen atoms in total. The zero-order chi connectivity index (χ0) is 12.4. The number of hydrogen-bond acceptors (Lipinski definition) is 3. The Bertz CT molecular complexity index is 408. The van der Waals surface area contributed by atoms with E-state index in [4.69, 9.17) is 0 Å². The van der Waals surface area contributed by atoms with Gasteiger partial charge in [0.2, 0.25) is 5.91 Å². The van der Waals surface area contributed by atoms with E-state index in [1.54, 1.807) is 12.4 Å². The van der Waals surface area contributed by atoms with Crippen molar-refractivity contribution in [2.45, 2.75) is 12.8 Å². The van der Waals surface area contributed by atoms with Crippen LogP contribution in [0.25, 0.3) is 0 Å². The molecular formula is C14H19N3O.